The zero-order chi connectivity index (χ0) is 13.8. The van der Waals surface area contributed by atoms with Crippen LogP contribution in [0.3, 0.4) is 0 Å². The van der Waals surface area contributed by atoms with E-state index in [4.69, 9.17) is 11.6 Å². The zero-order valence-electron chi connectivity index (χ0n) is 10.5. The van der Waals surface area contributed by atoms with Crippen LogP contribution in [0.1, 0.15) is 24.1 Å². The van der Waals surface area contributed by atoms with Crippen molar-refractivity contribution < 1.29 is 4.39 Å². The normalized spacial score (nSPS) is 12.4. The summed E-state index contributed by atoms with van der Waals surface area (Å²) < 4.78 is 14.3. The first kappa shape index (κ1) is 14.5. The van der Waals surface area contributed by atoms with Crippen LogP contribution in [0.2, 0.25) is 5.02 Å². The van der Waals surface area contributed by atoms with Gasteiger partial charge in [0.25, 0.3) is 0 Å². The van der Waals surface area contributed by atoms with Crippen LogP contribution >= 0.6 is 27.5 Å². The number of halogens is 3. The van der Waals surface area contributed by atoms with E-state index in [0.717, 1.165) is 22.1 Å². The molecular weight excluding hydrogens is 329 g/mol. The maximum atomic E-state index is 13.5. The molecule has 0 aliphatic rings. The third-order valence-electron chi connectivity index (χ3n) is 2.81. The zero-order valence-corrected chi connectivity index (χ0v) is 12.8. The average molecular weight is 343 g/mol. The third-order valence-corrected chi connectivity index (χ3v) is 3.50. The molecule has 100 valence electrons. The molecule has 1 atom stereocenters. The van der Waals surface area contributed by atoms with E-state index in [1.807, 2.05) is 37.3 Å². The molecule has 0 aromatic heterocycles. The summed E-state index contributed by atoms with van der Waals surface area (Å²) in [6.45, 7) is 2.80. The van der Waals surface area contributed by atoms with Gasteiger partial charge in [-0.15, -0.1) is 0 Å². The fraction of sp³-hybridized carbons (Fsp3) is 0.200. The first-order valence-corrected chi connectivity index (χ1v) is 7.22. The lowest BCUT2D eigenvalue weighted by molar-refractivity contribution is 0.602. The van der Waals surface area contributed by atoms with Crippen molar-refractivity contribution in [3.8, 4) is 0 Å². The van der Waals surface area contributed by atoms with Gasteiger partial charge in [-0.05, 0) is 48.0 Å². The van der Waals surface area contributed by atoms with Crippen LogP contribution in [-0.2, 0) is 0 Å². The molecule has 4 heteroatoms. The van der Waals surface area contributed by atoms with Gasteiger partial charge in [-0.25, -0.2) is 4.39 Å². The third kappa shape index (κ3) is 3.78. The summed E-state index contributed by atoms with van der Waals surface area (Å²) in [5.74, 6) is -0.255. The largest absolute Gasteiger partial charge is 0.307 e. The van der Waals surface area contributed by atoms with E-state index in [1.165, 1.54) is 6.07 Å². The van der Waals surface area contributed by atoms with Gasteiger partial charge in [-0.1, -0.05) is 46.6 Å². The summed E-state index contributed by atoms with van der Waals surface area (Å²) >= 11 is 9.35. The van der Waals surface area contributed by atoms with Crippen molar-refractivity contribution in [1.29, 1.82) is 0 Å². The minimum absolute atomic E-state index is 0.0734. The first-order chi connectivity index (χ1) is 9.10. The van der Waals surface area contributed by atoms with Crippen LogP contribution in [0.15, 0.2) is 46.9 Å². The van der Waals surface area contributed by atoms with E-state index < -0.39 is 0 Å². The minimum atomic E-state index is -0.255. The van der Waals surface area contributed by atoms with Crippen LogP contribution in [0.5, 0.6) is 0 Å². The fourth-order valence-electron chi connectivity index (χ4n) is 2.06. The lowest BCUT2D eigenvalue weighted by Gasteiger charge is -2.19. The molecule has 0 aliphatic heterocycles. The maximum absolute atomic E-state index is 13.5. The first-order valence-electron chi connectivity index (χ1n) is 6.05. The molecular formula is C15H14BrClFN. The van der Waals surface area contributed by atoms with E-state index in [0.29, 0.717) is 5.02 Å². The number of rotatable bonds is 4. The molecule has 0 aliphatic carbocycles. The average Bonchev–Trinajstić information content (AvgIpc) is 2.34. The highest BCUT2D eigenvalue weighted by Gasteiger charge is 2.14. The van der Waals surface area contributed by atoms with Gasteiger partial charge in [0.1, 0.15) is 5.82 Å². The molecule has 2 aromatic carbocycles. The van der Waals surface area contributed by atoms with Gasteiger partial charge >= 0.3 is 0 Å². The lowest BCUT2D eigenvalue weighted by Crippen LogP contribution is -2.22. The van der Waals surface area contributed by atoms with Gasteiger partial charge in [0.15, 0.2) is 0 Å². The van der Waals surface area contributed by atoms with Crippen LogP contribution < -0.4 is 5.32 Å². The topological polar surface area (TPSA) is 12.0 Å². The van der Waals surface area contributed by atoms with Crippen molar-refractivity contribution >= 4 is 27.5 Å². The molecule has 19 heavy (non-hydrogen) atoms. The Labute approximate surface area is 125 Å². The Bertz CT molecular complexity index is 554. The second-order valence-electron chi connectivity index (χ2n) is 4.25. The Balaban J connectivity index is 2.44. The molecule has 2 aromatic rings. The summed E-state index contributed by atoms with van der Waals surface area (Å²) in [5, 5.41) is 4.03. The molecule has 0 radical (unpaired) electrons. The number of nitrogens with one attached hydrogen (secondary N) is 1. The van der Waals surface area contributed by atoms with Crippen LogP contribution in [0.25, 0.3) is 0 Å². The van der Waals surface area contributed by atoms with Crippen LogP contribution in [0, 0.1) is 5.82 Å². The molecule has 1 unspecified atom stereocenters. The molecule has 0 heterocycles. The van der Waals surface area contributed by atoms with Crippen molar-refractivity contribution in [2.45, 2.75) is 13.0 Å². The lowest BCUT2D eigenvalue weighted by atomic mass is 9.98. The van der Waals surface area contributed by atoms with Gasteiger partial charge < -0.3 is 5.32 Å². The Kier molecular flexibility index (Phi) is 4.97. The number of benzene rings is 2. The van der Waals surface area contributed by atoms with Crippen molar-refractivity contribution in [3.63, 3.8) is 0 Å². The van der Waals surface area contributed by atoms with E-state index in [2.05, 4.69) is 21.2 Å². The molecule has 0 spiro atoms. The van der Waals surface area contributed by atoms with E-state index >= 15 is 0 Å². The predicted octanol–water partition coefficient (Wildman–Crippen LogP) is 4.94. The van der Waals surface area contributed by atoms with Crippen molar-refractivity contribution in [2.75, 3.05) is 6.54 Å². The smallest absolute Gasteiger partial charge is 0.124 e. The highest BCUT2D eigenvalue weighted by molar-refractivity contribution is 9.10. The molecule has 0 amide bonds. The van der Waals surface area contributed by atoms with E-state index in [-0.39, 0.29) is 11.9 Å². The molecule has 2 rings (SSSR count). The summed E-state index contributed by atoms with van der Waals surface area (Å²) in [6, 6.07) is 12.4. The van der Waals surface area contributed by atoms with Gasteiger partial charge in [-0.2, -0.15) is 0 Å². The van der Waals surface area contributed by atoms with Gasteiger partial charge in [-0.3, -0.25) is 0 Å². The summed E-state index contributed by atoms with van der Waals surface area (Å²) in [6.07, 6.45) is 0. The highest BCUT2D eigenvalue weighted by atomic mass is 79.9. The highest BCUT2D eigenvalue weighted by Crippen LogP contribution is 2.27. The van der Waals surface area contributed by atoms with Crippen LogP contribution in [0.4, 0.5) is 4.39 Å². The second kappa shape index (κ2) is 6.51. The Morgan fingerprint density at radius 3 is 2.63 bits per heavy atom. The SMILES string of the molecule is CCNC(c1cccc(Cl)c1)c1cc(F)cc(Br)c1. The minimum Gasteiger partial charge on any atom is -0.307 e. The van der Waals surface area contributed by atoms with E-state index in [9.17, 15) is 4.39 Å². The predicted molar refractivity (Wildman–Crippen MR) is 81.1 cm³/mol. The number of hydrogen-bond donors (Lipinski definition) is 1. The molecule has 0 saturated carbocycles. The molecule has 0 bridgehead atoms. The molecule has 0 saturated heterocycles. The van der Waals surface area contributed by atoms with E-state index in [1.54, 1.807) is 6.07 Å². The monoisotopic (exact) mass is 341 g/mol. The molecule has 1 nitrogen and oxygen atoms in total. The maximum Gasteiger partial charge on any atom is 0.124 e. The Morgan fingerprint density at radius 2 is 2.00 bits per heavy atom. The molecule has 1 N–H and O–H groups in total. The van der Waals surface area contributed by atoms with Crippen molar-refractivity contribution in [1.82, 2.24) is 5.32 Å². The van der Waals surface area contributed by atoms with Crippen LogP contribution in [-0.4, -0.2) is 6.54 Å². The Morgan fingerprint density at radius 1 is 1.21 bits per heavy atom. The van der Waals surface area contributed by atoms with Crippen molar-refractivity contribution in [2.24, 2.45) is 0 Å². The molecule has 0 fully saturated rings. The standard InChI is InChI=1S/C15H14BrClFN/c1-2-19-15(10-4-3-5-13(17)7-10)11-6-12(16)9-14(18)8-11/h3-9,15,19H,2H2,1H3. The number of hydrogen-bond acceptors (Lipinski definition) is 1. The second-order valence-corrected chi connectivity index (χ2v) is 5.60. The Hall–Kier alpha value is -0.900. The van der Waals surface area contributed by atoms with Gasteiger partial charge in [0, 0.05) is 9.50 Å². The summed E-state index contributed by atoms with van der Waals surface area (Å²) in [5.41, 5.74) is 1.89. The fourth-order valence-corrected chi connectivity index (χ4v) is 2.74. The summed E-state index contributed by atoms with van der Waals surface area (Å²) in [4.78, 5) is 0. The van der Waals surface area contributed by atoms with Gasteiger partial charge in [0.2, 0.25) is 0 Å². The summed E-state index contributed by atoms with van der Waals surface area (Å²) in [7, 11) is 0. The van der Waals surface area contributed by atoms with Gasteiger partial charge in [0.05, 0.1) is 6.04 Å². The van der Waals surface area contributed by atoms with Crippen molar-refractivity contribution in [3.05, 3.63) is 68.9 Å². The quantitative estimate of drug-likeness (QED) is 0.830.